The fourth-order valence-corrected chi connectivity index (χ4v) is 2.17. The minimum Gasteiger partial charge on any atom is -0.323 e. The van der Waals surface area contributed by atoms with Crippen LogP contribution in [0.15, 0.2) is 48.5 Å². The summed E-state index contributed by atoms with van der Waals surface area (Å²) in [5.74, 6) is -9.08. The summed E-state index contributed by atoms with van der Waals surface area (Å²) in [5.41, 5.74) is -0.939. The minimum atomic E-state index is -4.16. The van der Waals surface area contributed by atoms with E-state index in [1.54, 1.807) is 0 Å². The lowest BCUT2D eigenvalue weighted by Crippen LogP contribution is -2.38. The Labute approximate surface area is 133 Å². The maximum absolute atomic E-state index is 14.1. The van der Waals surface area contributed by atoms with Gasteiger partial charge < -0.3 is 4.84 Å². The molecule has 0 saturated carbocycles. The third-order valence-corrected chi connectivity index (χ3v) is 3.39. The average Bonchev–Trinajstić information content (AvgIpc) is 2.80. The van der Waals surface area contributed by atoms with Gasteiger partial charge >= 0.3 is 11.9 Å². The molecule has 0 aromatic heterocycles. The van der Waals surface area contributed by atoms with E-state index in [4.69, 9.17) is 0 Å². The number of benzene rings is 2. The molecule has 0 aliphatic carbocycles. The van der Waals surface area contributed by atoms with E-state index in [9.17, 15) is 27.6 Å². The zero-order chi connectivity index (χ0) is 17.5. The van der Waals surface area contributed by atoms with Crippen molar-refractivity contribution in [2.45, 2.75) is 5.92 Å². The third-order valence-electron chi connectivity index (χ3n) is 3.39. The van der Waals surface area contributed by atoms with Crippen LogP contribution in [-0.2, 0) is 15.6 Å². The number of nitrogens with zero attached hydrogens (tertiary/aromatic N) is 1. The molecule has 2 amide bonds. The Hall–Kier alpha value is -3.16. The van der Waals surface area contributed by atoms with Crippen molar-refractivity contribution in [1.82, 2.24) is 5.06 Å². The van der Waals surface area contributed by atoms with E-state index >= 15 is 0 Å². The molecular weight excluding hydrogens is 327 g/mol. The molecule has 0 spiro atoms. The number of fused-ring (bicyclic) bond motifs is 1. The highest BCUT2D eigenvalue weighted by molar-refractivity contribution is 6.20. The highest BCUT2D eigenvalue weighted by Gasteiger charge is 2.47. The summed E-state index contributed by atoms with van der Waals surface area (Å²) in [6.45, 7) is 0. The Morgan fingerprint density at radius 3 is 1.92 bits per heavy atom. The van der Waals surface area contributed by atoms with Gasteiger partial charge in [0.25, 0.3) is 11.8 Å². The molecule has 1 aliphatic heterocycles. The number of carbonyl (C=O) groups is 3. The van der Waals surface area contributed by atoms with E-state index < -0.39 is 35.1 Å². The maximum atomic E-state index is 14.1. The predicted molar refractivity (Wildman–Crippen MR) is 73.3 cm³/mol. The smallest absolute Gasteiger partial charge is 0.323 e. The topological polar surface area (TPSA) is 63.7 Å². The highest BCUT2D eigenvalue weighted by Crippen LogP contribution is 2.31. The van der Waals surface area contributed by atoms with Gasteiger partial charge in [-0.1, -0.05) is 17.2 Å². The molecule has 0 radical (unpaired) electrons. The van der Waals surface area contributed by atoms with E-state index in [-0.39, 0.29) is 16.2 Å². The lowest BCUT2D eigenvalue weighted by atomic mass is 10.1. The van der Waals surface area contributed by atoms with Crippen LogP contribution in [0, 0.1) is 5.82 Å². The summed E-state index contributed by atoms with van der Waals surface area (Å²) < 4.78 is 40.9. The molecule has 0 bridgehead atoms. The molecule has 24 heavy (non-hydrogen) atoms. The Morgan fingerprint density at radius 1 is 0.917 bits per heavy atom. The first-order valence-corrected chi connectivity index (χ1v) is 6.66. The van der Waals surface area contributed by atoms with Crippen LogP contribution < -0.4 is 0 Å². The number of rotatable bonds is 3. The van der Waals surface area contributed by atoms with Crippen molar-refractivity contribution >= 4 is 17.8 Å². The number of hydrogen-bond acceptors (Lipinski definition) is 4. The van der Waals surface area contributed by atoms with Crippen molar-refractivity contribution in [2.24, 2.45) is 0 Å². The van der Waals surface area contributed by atoms with Gasteiger partial charge in [-0.05, 0) is 36.4 Å². The van der Waals surface area contributed by atoms with E-state index in [2.05, 4.69) is 4.84 Å². The number of carbonyl (C=O) groups excluding carboxylic acids is 3. The second-order valence-corrected chi connectivity index (χ2v) is 4.91. The SMILES string of the molecule is O=C1c2ccccc2C(=O)N1OC(=O)C(F)(F)c1ccc(F)cc1. The molecule has 5 nitrogen and oxygen atoms in total. The molecule has 1 aliphatic rings. The van der Waals surface area contributed by atoms with Crippen LogP contribution in [0.5, 0.6) is 0 Å². The van der Waals surface area contributed by atoms with E-state index in [1.165, 1.54) is 24.3 Å². The second-order valence-electron chi connectivity index (χ2n) is 4.91. The van der Waals surface area contributed by atoms with Crippen LogP contribution in [0.2, 0.25) is 0 Å². The normalized spacial score (nSPS) is 13.9. The number of amides is 2. The Morgan fingerprint density at radius 2 is 1.42 bits per heavy atom. The molecular formula is C16H8F3NO4. The Bertz CT molecular complexity index is 814. The number of hydroxylamine groups is 2. The first kappa shape index (κ1) is 15.7. The molecule has 1 heterocycles. The van der Waals surface area contributed by atoms with E-state index in [0.717, 1.165) is 12.1 Å². The molecule has 0 unspecified atom stereocenters. The fraction of sp³-hybridized carbons (Fsp3) is 0.0625. The van der Waals surface area contributed by atoms with Crippen LogP contribution in [0.4, 0.5) is 13.2 Å². The maximum Gasteiger partial charge on any atom is 0.407 e. The van der Waals surface area contributed by atoms with Crippen LogP contribution in [0.1, 0.15) is 26.3 Å². The molecule has 0 atom stereocenters. The molecule has 0 saturated heterocycles. The fourth-order valence-electron chi connectivity index (χ4n) is 2.17. The summed E-state index contributed by atoms with van der Waals surface area (Å²) in [5, 5.41) is -0.00949. The van der Waals surface area contributed by atoms with Gasteiger partial charge in [0, 0.05) is 5.56 Å². The Balaban J connectivity index is 1.84. The molecule has 3 rings (SSSR count). The van der Waals surface area contributed by atoms with Gasteiger partial charge in [0.05, 0.1) is 11.1 Å². The molecule has 0 N–H and O–H groups in total. The predicted octanol–water partition coefficient (Wildman–Crippen LogP) is 2.67. The van der Waals surface area contributed by atoms with Crippen molar-refractivity contribution in [3.05, 3.63) is 71.0 Å². The lowest BCUT2D eigenvalue weighted by Gasteiger charge is -2.18. The molecule has 8 heteroatoms. The van der Waals surface area contributed by atoms with Crippen LogP contribution in [-0.4, -0.2) is 22.8 Å². The first-order valence-electron chi connectivity index (χ1n) is 6.66. The summed E-state index contributed by atoms with van der Waals surface area (Å²) in [7, 11) is 0. The van der Waals surface area contributed by atoms with Crippen LogP contribution in [0.3, 0.4) is 0 Å². The quantitative estimate of drug-likeness (QED) is 0.809. The summed E-state index contributed by atoms with van der Waals surface area (Å²) in [6.07, 6.45) is 0. The van der Waals surface area contributed by atoms with Gasteiger partial charge in [0.15, 0.2) is 0 Å². The van der Waals surface area contributed by atoms with Crippen molar-refractivity contribution < 1.29 is 32.4 Å². The zero-order valence-corrected chi connectivity index (χ0v) is 11.8. The number of halogens is 3. The summed E-state index contributed by atoms with van der Waals surface area (Å²) in [6, 6.07) is 8.48. The standard InChI is InChI=1S/C16H8F3NO4/c17-10-7-5-9(6-8-10)16(18,19)15(23)24-20-13(21)11-3-1-2-4-12(11)14(20)22/h1-8H. The Kier molecular flexibility index (Phi) is 3.59. The number of imide groups is 1. The van der Waals surface area contributed by atoms with Crippen molar-refractivity contribution in [1.29, 1.82) is 0 Å². The first-order chi connectivity index (χ1) is 11.3. The summed E-state index contributed by atoms with van der Waals surface area (Å²) in [4.78, 5) is 40.0. The summed E-state index contributed by atoms with van der Waals surface area (Å²) >= 11 is 0. The van der Waals surface area contributed by atoms with E-state index in [0.29, 0.717) is 12.1 Å². The molecule has 2 aromatic carbocycles. The van der Waals surface area contributed by atoms with Gasteiger partial charge in [-0.25, -0.2) is 9.18 Å². The number of alkyl halides is 2. The van der Waals surface area contributed by atoms with E-state index in [1.807, 2.05) is 0 Å². The average molecular weight is 335 g/mol. The van der Waals surface area contributed by atoms with Crippen molar-refractivity contribution in [3.63, 3.8) is 0 Å². The van der Waals surface area contributed by atoms with Gasteiger partial charge in [0.1, 0.15) is 5.82 Å². The van der Waals surface area contributed by atoms with Crippen molar-refractivity contribution in [2.75, 3.05) is 0 Å². The molecule has 2 aromatic rings. The monoisotopic (exact) mass is 335 g/mol. The molecule has 0 fully saturated rings. The molecule has 122 valence electrons. The largest absolute Gasteiger partial charge is 0.407 e. The van der Waals surface area contributed by atoms with Gasteiger partial charge in [-0.15, -0.1) is 0 Å². The van der Waals surface area contributed by atoms with Crippen LogP contribution in [0.25, 0.3) is 0 Å². The van der Waals surface area contributed by atoms with Gasteiger partial charge in [0.2, 0.25) is 0 Å². The number of hydrogen-bond donors (Lipinski definition) is 0. The van der Waals surface area contributed by atoms with Gasteiger partial charge in [-0.2, -0.15) is 8.78 Å². The van der Waals surface area contributed by atoms with Crippen LogP contribution >= 0.6 is 0 Å². The lowest BCUT2D eigenvalue weighted by molar-refractivity contribution is -0.198. The van der Waals surface area contributed by atoms with Crippen molar-refractivity contribution in [3.8, 4) is 0 Å². The van der Waals surface area contributed by atoms with Gasteiger partial charge in [-0.3, -0.25) is 9.59 Å². The third kappa shape index (κ3) is 2.41. The highest BCUT2D eigenvalue weighted by atomic mass is 19.3. The zero-order valence-electron chi connectivity index (χ0n) is 11.8. The second kappa shape index (κ2) is 5.48. The minimum absolute atomic E-state index is 0.00949.